The predicted molar refractivity (Wildman–Crippen MR) is 77.8 cm³/mol. The van der Waals surface area contributed by atoms with E-state index in [-0.39, 0.29) is 0 Å². The van der Waals surface area contributed by atoms with Crippen molar-refractivity contribution in [1.29, 1.82) is 0 Å². The molecule has 1 aromatic heterocycles. The molecule has 2 fully saturated rings. The van der Waals surface area contributed by atoms with E-state index in [0.29, 0.717) is 18.1 Å². The van der Waals surface area contributed by atoms with Gasteiger partial charge in [0.2, 0.25) is 5.95 Å². The molecule has 6 heteroatoms. The van der Waals surface area contributed by atoms with Crippen LogP contribution in [0.5, 0.6) is 0 Å². The monoisotopic (exact) mass is 277 g/mol. The maximum atomic E-state index is 5.58. The lowest BCUT2D eigenvalue weighted by atomic mass is 9.96. The fraction of sp³-hybridized carbons (Fsp3) is 0.786. The second kappa shape index (κ2) is 6.83. The lowest BCUT2D eigenvalue weighted by Crippen LogP contribution is -2.24. The number of nitrogens with one attached hydrogen (secondary N) is 2. The third-order valence-electron chi connectivity index (χ3n) is 4.03. The molecule has 0 bridgehead atoms. The van der Waals surface area contributed by atoms with Crippen LogP contribution in [0.1, 0.15) is 44.9 Å². The van der Waals surface area contributed by atoms with Gasteiger partial charge in [0.05, 0.1) is 12.3 Å². The first kappa shape index (κ1) is 13.5. The third-order valence-corrected chi connectivity index (χ3v) is 4.03. The summed E-state index contributed by atoms with van der Waals surface area (Å²) < 4.78 is 5.58. The van der Waals surface area contributed by atoms with E-state index in [1.807, 2.05) is 0 Å². The van der Waals surface area contributed by atoms with Gasteiger partial charge in [-0.15, -0.1) is 5.10 Å². The quantitative estimate of drug-likeness (QED) is 0.859. The van der Waals surface area contributed by atoms with Gasteiger partial charge in [-0.2, -0.15) is 10.1 Å². The maximum absolute atomic E-state index is 5.58. The van der Waals surface area contributed by atoms with E-state index in [0.717, 1.165) is 31.8 Å². The fourth-order valence-corrected chi connectivity index (χ4v) is 2.90. The van der Waals surface area contributed by atoms with Crippen LogP contribution in [-0.4, -0.2) is 40.5 Å². The van der Waals surface area contributed by atoms with Crippen molar-refractivity contribution in [3.63, 3.8) is 0 Å². The molecule has 1 saturated carbocycles. The van der Waals surface area contributed by atoms with Crippen LogP contribution >= 0.6 is 0 Å². The zero-order valence-electron chi connectivity index (χ0n) is 11.8. The van der Waals surface area contributed by atoms with E-state index in [1.54, 1.807) is 6.20 Å². The fourth-order valence-electron chi connectivity index (χ4n) is 2.90. The molecule has 1 aromatic rings. The van der Waals surface area contributed by atoms with Gasteiger partial charge in [0, 0.05) is 19.2 Å². The summed E-state index contributed by atoms with van der Waals surface area (Å²) in [7, 11) is 0. The van der Waals surface area contributed by atoms with Gasteiger partial charge < -0.3 is 15.4 Å². The van der Waals surface area contributed by atoms with E-state index in [2.05, 4.69) is 25.8 Å². The number of rotatable bonds is 5. The normalized spacial score (nSPS) is 23.7. The first-order valence-electron chi connectivity index (χ1n) is 7.72. The van der Waals surface area contributed by atoms with E-state index in [1.165, 1.54) is 32.1 Å². The molecule has 6 nitrogen and oxygen atoms in total. The molecule has 1 aliphatic heterocycles. The maximum Gasteiger partial charge on any atom is 0.244 e. The number of hydrogen-bond acceptors (Lipinski definition) is 6. The molecule has 0 radical (unpaired) electrons. The average molecular weight is 277 g/mol. The Kier molecular flexibility index (Phi) is 4.63. The van der Waals surface area contributed by atoms with E-state index < -0.39 is 0 Å². The zero-order valence-corrected chi connectivity index (χ0v) is 11.8. The highest BCUT2D eigenvalue weighted by Crippen LogP contribution is 2.20. The molecule has 20 heavy (non-hydrogen) atoms. The second-order valence-electron chi connectivity index (χ2n) is 5.66. The smallest absolute Gasteiger partial charge is 0.244 e. The predicted octanol–water partition coefficient (Wildman–Crippen LogP) is 2.21. The van der Waals surface area contributed by atoms with Crippen molar-refractivity contribution in [1.82, 2.24) is 15.2 Å². The summed E-state index contributed by atoms with van der Waals surface area (Å²) in [5.74, 6) is 1.41. The van der Waals surface area contributed by atoms with Crippen molar-refractivity contribution >= 4 is 11.8 Å². The van der Waals surface area contributed by atoms with Crippen LogP contribution in [0.4, 0.5) is 11.8 Å². The van der Waals surface area contributed by atoms with Crippen LogP contribution in [0.25, 0.3) is 0 Å². The summed E-state index contributed by atoms with van der Waals surface area (Å²) >= 11 is 0. The van der Waals surface area contributed by atoms with Crippen LogP contribution < -0.4 is 10.6 Å². The van der Waals surface area contributed by atoms with Gasteiger partial charge in [-0.25, -0.2) is 0 Å². The van der Waals surface area contributed by atoms with Gasteiger partial charge in [0.1, 0.15) is 0 Å². The molecule has 1 saturated heterocycles. The van der Waals surface area contributed by atoms with E-state index >= 15 is 0 Å². The summed E-state index contributed by atoms with van der Waals surface area (Å²) in [6.45, 7) is 1.67. The molecule has 3 rings (SSSR count). The molecular formula is C14H23N5O. The van der Waals surface area contributed by atoms with E-state index in [4.69, 9.17) is 4.74 Å². The van der Waals surface area contributed by atoms with Crippen LogP contribution in [0.2, 0.25) is 0 Å². The van der Waals surface area contributed by atoms with Gasteiger partial charge in [-0.05, 0) is 25.7 Å². The Hall–Kier alpha value is -1.43. The van der Waals surface area contributed by atoms with Crippen molar-refractivity contribution in [3.05, 3.63) is 6.20 Å². The Morgan fingerprint density at radius 3 is 2.85 bits per heavy atom. The number of ether oxygens (including phenoxy) is 1. The molecule has 1 unspecified atom stereocenters. The summed E-state index contributed by atoms with van der Waals surface area (Å²) in [6, 6.07) is 0.499. The van der Waals surface area contributed by atoms with Crippen molar-refractivity contribution in [2.45, 2.75) is 57.1 Å². The van der Waals surface area contributed by atoms with E-state index in [9.17, 15) is 0 Å². The van der Waals surface area contributed by atoms with Gasteiger partial charge >= 0.3 is 0 Å². The summed E-state index contributed by atoms with van der Waals surface area (Å²) in [5, 5.41) is 14.8. The second-order valence-corrected chi connectivity index (χ2v) is 5.66. The van der Waals surface area contributed by atoms with Gasteiger partial charge in [0.25, 0.3) is 0 Å². The van der Waals surface area contributed by atoms with Crippen molar-refractivity contribution in [2.24, 2.45) is 0 Å². The van der Waals surface area contributed by atoms with Gasteiger partial charge in [-0.3, -0.25) is 0 Å². The Balaban J connectivity index is 1.51. The van der Waals surface area contributed by atoms with Crippen LogP contribution in [0, 0.1) is 0 Å². The molecule has 1 atom stereocenters. The van der Waals surface area contributed by atoms with Crippen LogP contribution in [0.3, 0.4) is 0 Å². The number of aromatic nitrogens is 3. The van der Waals surface area contributed by atoms with Crippen LogP contribution in [0.15, 0.2) is 6.20 Å². The molecule has 1 aliphatic carbocycles. The standard InChI is InChI=1S/C14H23N5O/c1-2-5-11(6-3-1)17-14-18-13(10-16-19-14)15-9-12-7-4-8-20-12/h10-12H,1-9H2,(H2,15,17,18,19). The minimum atomic E-state index is 0.305. The van der Waals surface area contributed by atoms with Crippen molar-refractivity contribution in [3.8, 4) is 0 Å². The molecular weight excluding hydrogens is 254 g/mol. The molecule has 2 heterocycles. The molecule has 2 N–H and O–H groups in total. The lowest BCUT2D eigenvalue weighted by Gasteiger charge is -2.22. The number of hydrogen-bond donors (Lipinski definition) is 2. The third kappa shape index (κ3) is 3.79. The average Bonchev–Trinajstić information content (AvgIpc) is 3.00. The lowest BCUT2D eigenvalue weighted by molar-refractivity contribution is 0.120. The Morgan fingerprint density at radius 2 is 2.05 bits per heavy atom. The zero-order chi connectivity index (χ0) is 13.6. The highest BCUT2D eigenvalue weighted by Gasteiger charge is 2.16. The first-order valence-corrected chi connectivity index (χ1v) is 7.72. The highest BCUT2D eigenvalue weighted by molar-refractivity contribution is 5.37. The number of anilines is 2. The number of nitrogens with zero attached hydrogens (tertiary/aromatic N) is 3. The minimum Gasteiger partial charge on any atom is -0.376 e. The summed E-state index contributed by atoms with van der Waals surface area (Å²) in [5.41, 5.74) is 0. The van der Waals surface area contributed by atoms with Crippen molar-refractivity contribution < 1.29 is 4.74 Å². The molecule has 110 valence electrons. The molecule has 0 spiro atoms. The molecule has 2 aliphatic rings. The Labute approximate surface area is 119 Å². The first-order chi connectivity index (χ1) is 9.90. The van der Waals surface area contributed by atoms with Gasteiger partial charge in [-0.1, -0.05) is 19.3 Å². The van der Waals surface area contributed by atoms with Crippen molar-refractivity contribution in [2.75, 3.05) is 23.8 Å². The molecule has 0 amide bonds. The minimum absolute atomic E-state index is 0.305. The SMILES string of the molecule is c1nnc(NC2CCCCC2)nc1NCC1CCCO1. The highest BCUT2D eigenvalue weighted by atomic mass is 16.5. The Bertz CT molecular complexity index is 416. The topological polar surface area (TPSA) is 72.0 Å². The van der Waals surface area contributed by atoms with Gasteiger partial charge in [0.15, 0.2) is 5.82 Å². The summed E-state index contributed by atoms with van der Waals surface area (Å²) in [6.07, 6.45) is 10.6. The summed E-state index contributed by atoms with van der Waals surface area (Å²) in [4.78, 5) is 4.48. The van der Waals surface area contributed by atoms with Crippen LogP contribution in [-0.2, 0) is 4.74 Å². The largest absolute Gasteiger partial charge is 0.376 e. The Morgan fingerprint density at radius 1 is 1.15 bits per heavy atom. The molecule has 0 aromatic carbocycles.